The van der Waals surface area contributed by atoms with Gasteiger partial charge in [-0.1, -0.05) is 27.7 Å². The molecule has 0 aliphatic carbocycles. The fourth-order valence-electron chi connectivity index (χ4n) is 1.23. The molecule has 0 spiro atoms. The second-order valence-corrected chi connectivity index (χ2v) is 4.50. The summed E-state index contributed by atoms with van der Waals surface area (Å²) >= 11 is 0. The Morgan fingerprint density at radius 2 is 1.50 bits per heavy atom. The lowest BCUT2D eigenvalue weighted by Gasteiger charge is -2.27. The summed E-state index contributed by atoms with van der Waals surface area (Å²) in [4.78, 5) is 0. The summed E-state index contributed by atoms with van der Waals surface area (Å²) in [6, 6.07) is 0. The molecule has 1 atom stereocenters. The third-order valence-electron chi connectivity index (χ3n) is 1.64. The molecule has 0 aliphatic rings. The van der Waals surface area contributed by atoms with Crippen molar-refractivity contribution in [1.82, 2.24) is 0 Å². The summed E-state index contributed by atoms with van der Waals surface area (Å²) in [7, 11) is 0. The maximum absolute atomic E-state index is 13.3. The highest BCUT2D eigenvalue weighted by molar-refractivity contribution is 4.78. The molecular weight excluding hydrogens is 127 g/mol. The summed E-state index contributed by atoms with van der Waals surface area (Å²) in [5.74, 6) is 0. The Morgan fingerprint density at radius 1 is 1.10 bits per heavy atom. The molecule has 62 valence electrons. The third kappa shape index (κ3) is 4.78. The Hall–Kier alpha value is -0.0700. The van der Waals surface area contributed by atoms with Crippen LogP contribution in [0.25, 0.3) is 0 Å². The number of hydrogen-bond acceptors (Lipinski definition) is 0. The first-order valence-electron chi connectivity index (χ1n) is 3.96. The van der Waals surface area contributed by atoms with Crippen LogP contribution in [-0.2, 0) is 0 Å². The summed E-state index contributed by atoms with van der Waals surface area (Å²) in [6.45, 7) is 9.78. The van der Waals surface area contributed by atoms with E-state index in [1.807, 2.05) is 6.92 Å². The van der Waals surface area contributed by atoms with Gasteiger partial charge in [0.25, 0.3) is 0 Å². The van der Waals surface area contributed by atoms with Crippen LogP contribution in [-0.4, -0.2) is 5.67 Å². The molecule has 0 radical (unpaired) electrons. The molecular formula is C9H19F. The second kappa shape index (κ2) is 2.89. The Balaban J connectivity index is 3.89. The Bertz CT molecular complexity index is 97.8. The number of halogens is 1. The van der Waals surface area contributed by atoms with Crippen LogP contribution in [0.15, 0.2) is 0 Å². The lowest BCUT2D eigenvalue weighted by molar-refractivity contribution is 0.114. The predicted octanol–water partition coefficient (Wildman–Crippen LogP) is 3.56. The molecule has 0 fully saturated rings. The molecule has 0 bridgehead atoms. The van der Waals surface area contributed by atoms with E-state index in [9.17, 15) is 4.39 Å². The molecule has 0 aliphatic heterocycles. The molecule has 0 unspecified atom stereocenters. The largest absolute Gasteiger partial charge is 0.244 e. The molecule has 0 saturated heterocycles. The van der Waals surface area contributed by atoms with E-state index in [-0.39, 0.29) is 5.41 Å². The molecule has 0 amide bonds. The molecule has 1 heteroatoms. The maximum Gasteiger partial charge on any atom is 0.108 e. The van der Waals surface area contributed by atoms with Gasteiger partial charge in [0.05, 0.1) is 0 Å². The minimum atomic E-state index is -0.974. The Labute approximate surface area is 63.8 Å². The van der Waals surface area contributed by atoms with E-state index < -0.39 is 5.67 Å². The van der Waals surface area contributed by atoms with Crippen molar-refractivity contribution in [3.63, 3.8) is 0 Å². The quantitative estimate of drug-likeness (QED) is 0.558. The maximum atomic E-state index is 13.3. The molecule has 0 N–H and O–H groups in total. The van der Waals surface area contributed by atoms with Crippen molar-refractivity contribution in [2.75, 3.05) is 0 Å². The highest BCUT2D eigenvalue weighted by atomic mass is 19.1. The highest BCUT2D eigenvalue weighted by Gasteiger charge is 2.27. The summed E-state index contributed by atoms with van der Waals surface area (Å²) < 4.78 is 13.3. The van der Waals surface area contributed by atoms with Crippen LogP contribution in [0.2, 0.25) is 0 Å². The van der Waals surface area contributed by atoms with Crippen molar-refractivity contribution in [2.24, 2.45) is 5.41 Å². The van der Waals surface area contributed by atoms with Gasteiger partial charge in [-0.25, -0.2) is 4.39 Å². The predicted molar refractivity (Wildman–Crippen MR) is 43.9 cm³/mol. The fraction of sp³-hybridized carbons (Fsp3) is 1.00. The molecule has 10 heavy (non-hydrogen) atoms. The Morgan fingerprint density at radius 3 is 1.60 bits per heavy atom. The zero-order valence-corrected chi connectivity index (χ0v) is 7.79. The zero-order chi connectivity index (χ0) is 8.41. The van der Waals surface area contributed by atoms with Crippen LogP contribution in [0.3, 0.4) is 0 Å². The van der Waals surface area contributed by atoms with Crippen LogP contribution >= 0.6 is 0 Å². The first kappa shape index (κ1) is 9.93. The lowest BCUT2D eigenvalue weighted by Crippen LogP contribution is -2.24. The molecule has 0 heterocycles. The van der Waals surface area contributed by atoms with E-state index >= 15 is 0 Å². The van der Waals surface area contributed by atoms with Gasteiger partial charge in [0.2, 0.25) is 0 Å². The third-order valence-corrected chi connectivity index (χ3v) is 1.64. The monoisotopic (exact) mass is 146 g/mol. The van der Waals surface area contributed by atoms with Crippen molar-refractivity contribution in [2.45, 2.75) is 53.1 Å². The summed E-state index contributed by atoms with van der Waals surface area (Å²) in [5.41, 5.74) is -0.863. The zero-order valence-electron chi connectivity index (χ0n) is 7.79. The lowest BCUT2D eigenvalue weighted by atomic mass is 9.83. The van der Waals surface area contributed by atoms with Gasteiger partial charge in [-0.3, -0.25) is 0 Å². The second-order valence-electron chi connectivity index (χ2n) is 4.50. The van der Waals surface area contributed by atoms with Crippen LogP contribution in [0.4, 0.5) is 4.39 Å². The van der Waals surface area contributed by atoms with Gasteiger partial charge in [-0.2, -0.15) is 0 Å². The van der Waals surface area contributed by atoms with Crippen LogP contribution in [0, 0.1) is 5.41 Å². The van der Waals surface area contributed by atoms with Crippen LogP contribution in [0.1, 0.15) is 47.5 Å². The van der Waals surface area contributed by atoms with Crippen molar-refractivity contribution >= 4 is 0 Å². The van der Waals surface area contributed by atoms with E-state index in [2.05, 4.69) is 20.8 Å². The molecule has 0 rings (SSSR count). The Kier molecular flexibility index (Phi) is 2.87. The van der Waals surface area contributed by atoms with Crippen molar-refractivity contribution < 1.29 is 4.39 Å². The van der Waals surface area contributed by atoms with Crippen molar-refractivity contribution in [3.05, 3.63) is 0 Å². The minimum Gasteiger partial charge on any atom is -0.244 e. The number of hydrogen-bond donors (Lipinski definition) is 0. The van der Waals surface area contributed by atoms with Crippen LogP contribution < -0.4 is 0 Å². The van der Waals surface area contributed by atoms with Gasteiger partial charge < -0.3 is 0 Å². The van der Waals surface area contributed by atoms with Crippen LogP contribution in [0.5, 0.6) is 0 Å². The molecule has 0 aromatic heterocycles. The van der Waals surface area contributed by atoms with E-state index in [1.54, 1.807) is 6.92 Å². The SMILES string of the molecule is CC[C@@](C)(F)CC(C)(C)C. The average molecular weight is 146 g/mol. The highest BCUT2D eigenvalue weighted by Crippen LogP contribution is 2.31. The van der Waals surface area contributed by atoms with E-state index in [0.717, 1.165) is 0 Å². The van der Waals surface area contributed by atoms with Gasteiger partial charge in [0.1, 0.15) is 5.67 Å². The summed E-state index contributed by atoms with van der Waals surface area (Å²) in [6.07, 6.45) is 1.26. The molecule has 0 aromatic rings. The van der Waals surface area contributed by atoms with Crippen molar-refractivity contribution in [3.8, 4) is 0 Å². The first-order chi connectivity index (χ1) is 4.27. The molecule has 0 aromatic carbocycles. The van der Waals surface area contributed by atoms with Gasteiger partial charge in [-0.05, 0) is 25.2 Å². The van der Waals surface area contributed by atoms with Gasteiger partial charge >= 0.3 is 0 Å². The normalized spacial score (nSPS) is 18.6. The standard InChI is InChI=1S/C9H19F/c1-6-9(5,10)7-8(2,3)4/h6-7H2,1-5H3/t9-/m1/s1. The van der Waals surface area contributed by atoms with Crippen molar-refractivity contribution in [1.29, 1.82) is 0 Å². The van der Waals surface area contributed by atoms with E-state index in [1.165, 1.54) is 0 Å². The summed E-state index contributed by atoms with van der Waals surface area (Å²) in [5, 5.41) is 0. The van der Waals surface area contributed by atoms with E-state index in [4.69, 9.17) is 0 Å². The molecule has 0 nitrogen and oxygen atoms in total. The van der Waals surface area contributed by atoms with E-state index in [0.29, 0.717) is 12.8 Å². The first-order valence-corrected chi connectivity index (χ1v) is 3.96. The average Bonchev–Trinajstić information content (AvgIpc) is 1.60. The van der Waals surface area contributed by atoms with Gasteiger partial charge in [0.15, 0.2) is 0 Å². The number of rotatable bonds is 2. The minimum absolute atomic E-state index is 0.111. The fourth-order valence-corrected chi connectivity index (χ4v) is 1.23. The smallest absolute Gasteiger partial charge is 0.108 e. The number of alkyl halides is 1. The topological polar surface area (TPSA) is 0 Å². The van der Waals surface area contributed by atoms with Gasteiger partial charge in [-0.15, -0.1) is 0 Å². The van der Waals surface area contributed by atoms with Gasteiger partial charge in [0, 0.05) is 0 Å². The molecule has 0 saturated carbocycles.